The normalized spacial score (nSPS) is 13.0. The average molecular weight is 218 g/mol. The number of nitrogens with zero attached hydrogens (tertiary/aromatic N) is 1. The van der Waals surface area contributed by atoms with Gasteiger partial charge in [-0.1, -0.05) is 32.9 Å². The van der Waals surface area contributed by atoms with Gasteiger partial charge < -0.3 is 5.73 Å². The fourth-order valence-electron chi connectivity index (χ4n) is 1.91. The van der Waals surface area contributed by atoms with Crippen LogP contribution >= 0.6 is 0 Å². The van der Waals surface area contributed by atoms with Crippen molar-refractivity contribution < 1.29 is 0 Å². The van der Waals surface area contributed by atoms with Gasteiger partial charge in [-0.2, -0.15) is 0 Å². The van der Waals surface area contributed by atoms with Gasteiger partial charge in [-0.05, 0) is 36.0 Å². The highest BCUT2D eigenvalue weighted by Crippen LogP contribution is 2.26. The minimum Gasteiger partial charge on any atom is -0.383 e. The molecule has 1 rings (SSSR count). The first kappa shape index (κ1) is 12.8. The van der Waals surface area contributed by atoms with Crippen LogP contribution in [-0.4, -0.2) is 12.9 Å². The maximum Gasteiger partial charge on any atom is 0.125 e. The molecule has 1 aromatic carbocycles. The van der Waals surface area contributed by atoms with Crippen molar-refractivity contribution in [2.24, 2.45) is 10.7 Å². The van der Waals surface area contributed by atoms with Gasteiger partial charge in [-0.3, -0.25) is 4.99 Å². The molecule has 0 radical (unpaired) electrons. The van der Waals surface area contributed by atoms with Gasteiger partial charge in [0.15, 0.2) is 0 Å². The molecule has 2 nitrogen and oxygen atoms in total. The predicted octanol–water partition coefficient (Wildman–Crippen LogP) is 2.94. The zero-order chi connectivity index (χ0) is 12.5. The SMILES string of the molecule is CN=C(N)c1c(C)cc(C(C)(C)C)cc1C. The van der Waals surface area contributed by atoms with E-state index in [4.69, 9.17) is 5.73 Å². The average Bonchev–Trinajstić information content (AvgIpc) is 2.14. The van der Waals surface area contributed by atoms with Crippen molar-refractivity contribution in [3.63, 3.8) is 0 Å². The highest BCUT2D eigenvalue weighted by Gasteiger charge is 2.17. The third-order valence-corrected chi connectivity index (χ3v) is 2.90. The molecular formula is C14H22N2. The Morgan fingerprint density at radius 3 is 1.88 bits per heavy atom. The molecule has 88 valence electrons. The molecule has 16 heavy (non-hydrogen) atoms. The first-order valence-corrected chi connectivity index (χ1v) is 5.61. The van der Waals surface area contributed by atoms with Gasteiger partial charge in [0.1, 0.15) is 5.84 Å². The highest BCUT2D eigenvalue weighted by molar-refractivity contribution is 6.00. The van der Waals surface area contributed by atoms with Gasteiger partial charge in [0.05, 0.1) is 0 Å². The van der Waals surface area contributed by atoms with E-state index >= 15 is 0 Å². The molecule has 0 fully saturated rings. The molecule has 0 atom stereocenters. The van der Waals surface area contributed by atoms with Crippen LogP contribution in [-0.2, 0) is 5.41 Å². The first-order valence-electron chi connectivity index (χ1n) is 5.61. The van der Waals surface area contributed by atoms with Crippen molar-refractivity contribution in [2.75, 3.05) is 7.05 Å². The molecule has 2 N–H and O–H groups in total. The summed E-state index contributed by atoms with van der Waals surface area (Å²) in [6.07, 6.45) is 0. The molecule has 0 saturated heterocycles. The standard InChI is InChI=1S/C14H22N2/c1-9-7-11(14(3,4)5)8-10(2)12(9)13(15)16-6/h7-8H,1-6H3,(H2,15,16). The van der Waals surface area contributed by atoms with Crippen molar-refractivity contribution in [2.45, 2.75) is 40.0 Å². The molecule has 2 heteroatoms. The smallest absolute Gasteiger partial charge is 0.125 e. The molecule has 0 saturated carbocycles. The Kier molecular flexibility index (Phi) is 3.41. The van der Waals surface area contributed by atoms with Gasteiger partial charge in [0.25, 0.3) is 0 Å². The summed E-state index contributed by atoms with van der Waals surface area (Å²) in [4.78, 5) is 4.07. The Morgan fingerprint density at radius 1 is 1.12 bits per heavy atom. The lowest BCUT2D eigenvalue weighted by atomic mass is 9.83. The molecule has 0 unspecified atom stereocenters. The number of amidine groups is 1. The summed E-state index contributed by atoms with van der Waals surface area (Å²) >= 11 is 0. The molecular weight excluding hydrogens is 196 g/mol. The number of aryl methyl sites for hydroxylation is 2. The van der Waals surface area contributed by atoms with Crippen LogP contribution < -0.4 is 5.73 Å². The van der Waals surface area contributed by atoms with Gasteiger partial charge in [-0.25, -0.2) is 0 Å². The minimum absolute atomic E-state index is 0.173. The second kappa shape index (κ2) is 4.28. The van der Waals surface area contributed by atoms with Crippen LogP contribution in [0.15, 0.2) is 17.1 Å². The monoisotopic (exact) mass is 218 g/mol. The lowest BCUT2D eigenvalue weighted by Gasteiger charge is -2.22. The number of rotatable bonds is 1. The zero-order valence-corrected chi connectivity index (χ0v) is 11.2. The van der Waals surface area contributed by atoms with E-state index < -0.39 is 0 Å². The lowest BCUT2D eigenvalue weighted by molar-refractivity contribution is 0.589. The fraction of sp³-hybridized carbons (Fsp3) is 0.500. The second-order valence-corrected chi connectivity index (χ2v) is 5.34. The summed E-state index contributed by atoms with van der Waals surface area (Å²) in [6.45, 7) is 10.8. The Balaban J connectivity index is 3.40. The summed E-state index contributed by atoms with van der Waals surface area (Å²) in [5.41, 5.74) is 10.9. The summed E-state index contributed by atoms with van der Waals surface area (Å²) < 4.78 is 0. The third kappa shape index (κ3) is 2.43. The second-order valence-electron chi connectivity index (χ2n) is 5.34. The fourth-order valence-corrected chi connectivity index (χ4v) is 1.91. The lowest BCUT2D eigenvalue weighted by Crippen LogP contribution is -2.18. The molecule has 0 aliphatic carbocycles. The van der Waals surface area contributed by atoms with Crippen molar-refractivity contribution in [3.8, 4) is 0 Å². The number of benzene rings is 1. The van der Waals surface area contributed by atoms with E-state index in [2.05, 4.69) is 51.7 Å². The van der Waals surface area contributed by atoms with Crippen molar-refractivity contribution >= 4 is 5.84 Å². The van der Waals surface area contributed by atoms with Gasteiger partial charge in [0, 0.05) is 12.6 Å². The van der Waals surface area contributed by atoms with E-state index in [0.29, 0.717) is 5.84 Å². The molecule has 1 aromatic rings. The van der Waals surface area contributed by atoms with E-state index in [1.54, 1.807) is 7.05 Å². The van der Waals surface area contributed by atoms with E-state index in [0.717, 1.165) is 5.56 Å². The topological polar surface area (TPSA) is 38.4 Å². The van der Waals surface area contributed by atoms with Crippen LogP contribution in [0.2, 0.25) is 0 Å². The maximum atomic E-state index is 5.91. The molecule has 0 spiro atoms. The van der Waals surface area contributed by atoms with Crippen LogP contribution in [0.4, 0.5) is 0 Å². The van der Waals surface area contributed by atoms with Crippen LogP contribution in [0.1, 0.15) is 43.0 Å². The summed E-state index contributed by atoms with van der Waals surface area (Å²) in [6, 6.07) is 4.42. The van der Waals surface area contributed by atoms with E-state index in [9.17, 15) is 0 Å². The molecule has 0 aliphatic heterocycles. The van der Waals surface area contributed by atoms with Crippen molar-refractivity contribution in [1.29, 1.82) is 0 Å². The predicted molar refractivity (Wildman–Crippen MR) is 71.3 cm³/mol. The molecule has 0 amide bonds. The van der Waals surface area contributed by atoms with E-state index in [-0.39, 0.29) is 5.41 Å². The highest BCUT2D eigenvalue weighted by atomic mass is 14.8. The molecule has 0 aromatic heterocycles. The number of nitrogens with two attached hydrogens (primary N) is 1. The quantitative estimate of drug-likeness (QED) is 0.571. The van der Waals surface area contributed by atoms with E-state index in [1.165, 1.54) is 16.7 Å². The van der Waals surface area contributed by atoms with Crippen LogP contribution in [0.3, 0.4) is 0 Å². The van der Waals surface area contributed by atoms with Crippen LogP contribution in [0.5, 0.6) is 0 Å². The Bertz CT molecular complexity index is 400. The molecule has 0 aliphatic rings. The summed E-state index contributed by atoms with van der Waals surface area (Å²) in [5.74, 6) is 0.621. The van der Waals surface area contributed by atoms with Crippen LogP contribution in [0, 0.1) is 13.8 Å². The number of hydrogen-bond acceptors (Lipinski definition) is 1. The summed E-state index contributed by atoms with van der Waals surface area (Å²) in [5, 5.41) is 0. The van der Waals surface area contributed by atoms with E-state index in [1.807, 2.05) is 0 Å². The summed E-state index contributed by atoms with van der Waals surface area (Å²) in [7, 11) is 1.73. The van der Waals surface area contributed by atoms with Crippen molar-refractivity contribution in [3.05, 3.63) is 34.4 Å². The number of aliphatic imine (C=N–C) groups is 1. The largest absolute Gasteiger partial charge is 0.383 e. The maximum absolute atomic E-state index is 5.91. The Labute approximate surface area is 98.6 Å². The minimum atomic E-state index is 0.173. The van der Waals surface area contributed by atoms with Gasteiger partial charge >= 0.3 is 0 Å². The zero-order valence-electron chi connectivity index (χ0n) is 11.2. The van der Waals surface area contributed by atoms with Crippen LogP contribution in [0.25, 0.3) is 0 Å². The third-order valence-electron chi connectivity index (χ3n) is 2.90. The first-order chi connectivity index (χ1) is 7.27. The molecule has 0 bridgehead atoms. The Hall–Kier alpha value is -1.31. The Morgan fingerprint density at radius 2 is 1.56 bits per heavy atom. The van der Waals surface area contributed by atoms with Crippen molar-refractivity contribution in [1.82, 2.24) is 0 Å². The van der Waals surface area contributed by atoms with Gasteiger partial charge in [-0.15, -0.1) is 0 Å². The van der Waals surface area contributed by atoms with Gasteiger partial charge in [0.2, 0.25) is 0 Å². The number of hydrogen-bond donors (Lipinski definition) is 1. The molecule has 0 heterocycles.